The number of hydrogen-bond donors (Lipinski definition) is 2. The smallest absolute Gasteiger partial charge is 0.407 e. The number of allylic oxidation sites excluding steroid dienone is 2. The Kier molecular flexibility index (Phi) is 12.9. The minimum Gasteiger partial charge on any atom is -0.453 e. The first-order valence-electron chi connectivity index (χ1n) is 23.5. The third-order valence-corrected chi connectivity index (χ3v) is 15.2. The number of alkyl carbamates (subject to hydrolysis) is 2. The second kappa shape index (κ2) is 18.2. The quantitative estimate of drug-likeness (QED) is 0.218. The van der Waals surface area contributed by atoms with Crippen molar-refractivity contribution in [3.8, 4) is 11.1 Å². The maximum atomic E-state index is 14.1. The highest BCUT2D eigenvalue weighted by Gasteiger charge is 2.46. The number of nitrogens with zero attached hydrogens (tertiary/aromatic N) is 3. The van der Waals surface area contributed by atoms with E-state index >= 15 is 0 Å². The lowest BCUT2D eigenvalue weighted by Gasteiger charge is -2.31. The Morgan fingerprint density at radius 2 is 1.27 bits per heavy atom. The van der Waals surface area contributed by atoms with Gasteiger partial charge in [-0.15, -0.1) is 0 Å². The SMILES string of the molecule is COC(=O)N[C@H](C(=O)C1C[C@@H](C)C[C@H]1C1=NC=C(c2ccc(-c3ccc(C4=CN=C([C@@H]5C[C@H](C)CN5C(=O)[C@@H](NC(=O)OC)C(C)C)C4)cc3)c3c2CC2(CCCC2)C3)C1)C(C)C. The van der Waals surface area contributed by atoms with Gasteiger partial charge in [-0.3, -0.25) is 19.6 Å². The molecule has 11 heteroatoms. The molecule has 2 aromatic carbocycles. The van der Waals surface area contributed by atoms with Crippen molar-refractivity contribution in [2.45, 2.75) is 130 Å². The molecule has 0 bridgehead atoms. The molecule has 2 N–H and O–H groups in total. The van der Waals surface area contributed by atoms with Crippen molar-refractivity contribution >= 4 is 46.4 Å². The van der Waals surface area contributed by atoms with Crippen molar-refractivity contribution in [2.24, 2.45) is 50.9 Å². The van der Waals surface area contributed by atoms with Gasteiger partial charge in [0.25, 0.3) is 0 Å². The molecule has 63 heavy (non-hydrogen) atoms. The summed E-state index contributed by atoms with van der Waals surface area (Å²) in [6.07, 6.45) is 14.2. The second-order valence-electron chi connectivity index (χ2n) is 20.4. The Morgan fingerprint density at radius 3 is 1.92 bits per heavy atom. The standard InChI is InChI=1S/C52H67N5O6/c1-29(2)46(55-50(60)62-7)48(58)40-20-31(5)19-39(40)43-23-36(27-53-43)38-16-15-37(41-24-52(25-42(38)41)17-9-10-18-52)34-13-11-33(12-14-34)35-22-44(54-26-35)45-21-32(6)28-57(45)49(59)47(30(3)4)56-51(61)63-8/h11-16,26-27,29-32,39-40,45-47H,9-10,17-25,28H2,1-8H3,(H,55,60)(H,56,61)/t31-,32-,39+,40?,45-,46-,47-/m0/s1. The van der Waals surface area contributed by atoms with Crippen LogP contribution in [0.15, 0.2) is 58.8 Å². The number of nitrogens with one attached hydrogen (secondary N) is 2. The molecule has 6 aliphatic rings. The van der Waals surface area contributed by atoms with Gasteiger partial charge >= 0.3 is 12.2 Å². The van der Waals surface area contributed by atoms with Crippen molar-refractivity contribution in [1.29, 1.82) is 0 Å². The Balaban J connectivity index is 0.983. The van der Waals surface area contributed by atoms with Gasteiger partial charge in [-0.05, 0) is 119 Å². The number of carbonyl (C=O) groups excluding carboxylic acids is 4. The highest BCUT2D eigenvalue weighted by molar-refractivity contribution is 6.05. The number of Topliss-reactive ketones (excluding diaryl/α,β-unsaturated/α-hetero) is 1. The zero-order chi connectivity index (χ0) is 44.7. The maximum absolute atomic E-state index is 14.1. The molecule has 1 unspecified atom stereocenters. The van der Waals surface area contributed by atoms with Gasteiger partial charge in [0.1, 0.15) is 6.04 Å². The van der Waals surface area contributed by atoms with Crippen LogP contribution in [0.3, 0.4) is 0 Å². The van der Waals surface area contributed by atoms with Crippen molar-refractivity contribution < 1.29 is 28.7 Å². The summed E-state index contributed by atoms with van der Waals surface area (Å²) in [5.41, 5.74) is 12.7. The zero-order valence-electron chi connectivity index (χ0n) is 38.6. The highest BCUT2D eigenvalue weighted by atomic mass is 16.5. The summed E-state index contributed by atoms with van der Waals surface area (Å²) in [4.78, 5) is 64.2. The molecular weight excluding hydrogens is 791 g/mol. The van der Waals surface area contributed by atoms with Crippen LogP contribution in [0.1, 0.15) is 122 Å². The average molecular weight is 858 g/mol. The van der Waals surface area contributed by atoms with E-state index in [0.29, 0.717) is 30.2 Å². The minimum absolute atomic E-state index is 0.0484. The number of likely N-dealkylation sites (tertiary alicyclic amines) is 1. The van der Waals surface area contributed by atoms with Crippen molar-refractivity contribution in [1.82, 2.24) is 15.5 Å². The van der Waals surface area contributed by atoms with Gasteiger partial charge in [0.2, 0.25) is 5.91 Å². The lowest BCUT2D eigenvalue weighted by molar-refractivity contribution is -0.134. The highest BCUT2D eigenvalue weighted by Crippen LogP contribution is 2.53. The summed E-state index contributed by atoms with van der Waals surface area (Å²) < 4.78 is 9.71. The van der Waals surface area contributed by atoms with Gasteiger partial charge < -0.3 is 25.0 Å². The van der Waals surface area contributed by atoms with Crippen LogP contribution in [0.2, 0.25) is 0 Å². The van der Waals surface area contributed by atoms with Gasteiger partial charge in [-0.1, -0.05) is 90.8 Å². The molecule has 3 aliphatic heterocycles. The molecule has 8 rings (SSSR count). The molecule has 7 atom stereocenters. The number of carbonyl (C=O) groups is 4. The number of ether oxygens (including phenoxy) is 2. The van der Waals surface area contributed by atoms with Crippen LogP contribution in [0, 0.1) is 40.9 Å². The molecule has 1 spiro atoms. The molecule has 3 heterocycles. The van der Waals surface area contributed by atoms with Gasteiger partial charge in [0.05, 0.1) is 26.3 Å². The molecule has 1 saturated heterocycles. The molecular formula is C52H67N5O6. The molecule has 0 radical (unpaired) electrons. The van der Waals surface area contributed by atoms with Crippen molar-refractivity contribution in [3.05, 3.63) is 71.1 Å². The summed E-state index contributed by atoms with van der Waals surface area (Å²) >= 11 is 0. The molecule has 2 saturated carbocycles. The number of methoxy groups -OCH3 is 2. The normalized spacial score (nSPS) is 25.7. The van der Waals surface area contributed by atoms with Crippen LogP contribution >= 0.6 is 0 Å². The van der Waals surface area contributed by atoms with Gasteiger partial charge in [-0.25, -0.2) is 9.59 Å². The van der Waals surface area contributed by atoms with Crippen molar-refractivity contribution in [2.75, 3.05) is 20.8 Å². The van der Waals surface area contributed by atoms with Gasteiger partial charge in [0, 0.05) is 55.0 Å². The monoisotopic (exact) mass is 858 g/mol. The molecule has 3 aliphatic carbocycles. The van der Waals surface area contributed by atoms with E-state index in [0.717, 1.165) is 61.1 Å². The van der Waals surface area contributed by atoms with Crippen LogP contribution in [0.4, 0.5) is 9.59 Å². The molecule has 336 valence electrons. The minimum atomic E-state index is -0.667. The lowest BCUT2D eigenvalue weighted by atomic mass is 9.80. The van der Waals surface area contributed by atoms with Crippen LogP contribution < -0.4 is 10.6 Å². The van der Waals surface area contributed by atoms with E-state index in [2.05, 4.69) is 67.1 Å². The number of rotatable bonds is 12. The third kappa shape index (κ3) is 8.90. The topological polar surface area (TPSA) is 139 Å². The van der Waals surface area contributed by atoms with E-state index in [1.165, 1.54) is 73.3 Å². The largest absolute Gasteiger partial charge is 0.453 e. The Hall–Kier alpha value is -5.06. The Morgan fingerprint density at radius 1 is 0.698 bits per heavy atom. The fourth-order valence-corrected chi connectivity index (χ4v) is 11.9. The van der Waals surface area contributed by atoms with E-state index in [-0.39, 0.29) is 41.4 Å². The zero-order valence-corrected chi connectivity index (χ0v) is 38.6. The van der Waals surface area contributed by atoms with E-state index < -0.39 is 24.3 Å². The molecule has 3 amide bonds. The van der Waals surface area contributed by atoms with E-state index in [1.807, 2.05) is 38.8 Å². The lowest BCUT2D eigenvalue weighted by Crippen LogP contribution is -2.53. The first kappa shape index (κ1) is 44.5. The number of benzene rings is 2. The predicted molar refractivity (Wildman–Crippen MR) is 248 cm³/mol. The summed E-state index contributed by atoms with van der Waals surface area (Å²) in [7, 11) is 2.65. The fourth-order valence-electron chi connectivity index (χ4n) is 11.9. The van der Waals surface area contributed by atoms with E-state index in [9.17, 15) is 19.2 Å². The van der Waals surface area contributed by atoms with Crippen LogP contribution in [-0.2, 0) is 31.9 Å². The molecule has 0 aromatic heterocycles. The van der Waals surface area contributed by atoms with Crippen molar-refractivity contribution in [3.63, 3.8) is 0 Å². The Bertz CT molecular complexity index is 2250. The Labute approximate surface area is 373 Å². The summed E-state index contributed by atoms with van der Waals surface area (Å²) in [6, 6.07) is 12.2. The summed E-state index contributed by atoms with van der Waals surface area (Å²) in [6.45, 7) is 12.8. The number of fused-ring (bicyclic) bond motifs is 1. The summed E-state index contributed by atoms with van der Waals surface area (Å²) in [5, 5.41) is 5.59. The molecule has 2 aromatic rings. The van der Waals surface area contributed by atoms with Gasteiger partial charge in [0.15, 0.2) is 5.78 Å². The maximum Gasteiger partial charge on any atom is 0.407 e. The fraction of sp³-hybridized carbons (Fsp3) is 0.577. The van der Waals surface area contributed by atoms with Crippen LogP contribution in [0.25, 0.3) is 22.3 Å². The number of amides is 3. The third-order valence-electron chi connectivity index (χ3n) is 15.2. The molecule has 3 fully saturated rings. The van der Waals surface area contributed by atoms with E-state index in [1.54, 1.807) is 0 Å². The first-order chi connectivity index (χ1) is 30.2. The average Bonchev–Trinajstić information content (AvgIpc) is 4.14. The number of hydrogen-bond acceptors (Lipinski definition) is 8. The number of aliphatic imine (C=N–C) groups is 2. The second-order valence-corrected chi connectivity index (χ2v) is 20.4. The van der Waals surface area contributed by atoms with Gasteiger partial charge in [-0.2, -0.15) is 0 Å². The van der Waals surface area contributed by atoms with Crippen LogP contribution in [0.5, 0.6) is 0 Å². The van der Waals surface area contributed by atoms with Crippen LogP contribution in [-0.4, -0.2) is 79.1 Å². The number of ketones is 1. The molecule has 11 nitrogen and oxygen atoms in total. The first-order valence-corrected chi connectivity index (χ1v) is 23.5. The van der Waals surface area contributed by atoms with E-state index in [4.69, 9.17) is 19.5 Å². The summed E-state index contributed by atoms with van der Waals surface area (Å²) in [5.74, 6) is 0.462. The predicted octanol–water partition coefficient (Wildman–Crippen LogP) is 9.61.